The van der Waals surface area contributed by atoms with Crippen LogP contribution in [0.2, 0.25) is 0 Å². The summed E-state index contributed by atoms with van der Waals surface area (Å²) in [6.45, 7) is 1.62. The second kappa shape index (κ2) is 3.16. The van der Waals surface area contributed by atoms with Gasteiger partial charge in [0.2, 0.25) is 0 Å². The number of benzene rings is 1. The van der Waals surface area contributed by atoms with Gasteiger partial charge in [0.25, 0.3) is 11.2 Å². The third kappa shape index (κ3) is 1.56. The van der Waals surface area contributed by atoms with Crippen molar-refractivity contribution in [3.63, 3.8) is 0 Å². The monoisotopic (exact) mass is 205 g/mol. The predicted molar refractivity (Wildman–Crippen MR) is 53.8 cm³/mol. The lowest BCUT2D eigenvalue weighted by atomic mass is 10.2. The first kappa shape index (κ1) is 9.32. The SMILES string of the molecule is Cc1nc2cc([N+](=O)[O-])ccc2c(=O)[nH]1. The van der Waals surface area contributed by atoms with Crippen molar-refractivity contribution in [2.45, 2.75) is 6.92 Å². The second-order valence-electron chi connectivity index (χ2n) is 3.11. The molecule has 76 valence electrons. The standard InChI is InChI=1S/C9H7N3O3/c1-5-10-8-4-6(12(14)15)2-3-7(8)9(13)11-5/h2-4H,1H3,(H,10,11,13). The molecular weight excluding hydrogens is 198 g/mol. The van der Waals surface area contributed by atoms with E-state index in [1.54, 1.807) is 6.92 Å². The Kier molecular flexibility index (Phi) is 1.96. The van der Waals surface area contributed by atoms with E-state index in [1.165, 1.54) is 18.2 Å². The second-order valence-corrected chi connectivity index (χ2v) is 3.11. The molecule has 0 aliphatic carbocycles. The lowest BCUT2D eigenvalue weighted by Crippen LogP contribution is -2.09. The summed E-state index contributed by atoms with van der Waals surface area (Å²) in [6.07, 6.45) is 0. The van der Waals surface area contributed by atoms with E-state index >= 15 is 0 Å². The van der Waals surface area contributed by atoms with E-state index in [4.69, 9.17) is 0 Å². The molecule has 0 bridgehead atoms. The van der Waals surface area contributed by atoms with Gasteiger partial charge in [-0.1, -0.05) is 0 Å². The van der Waals surface area contributed by atoms with E-state index in [9.17, 15) is 14.9 Å². The Bertz CT molecular complexity index is 603. The van der Waals surface area contributed by atoms with Gasteiger partial charge in [0.1, 0.15) is 5.82 Å². The summed E-state index contributed by atoms with van der Waals surface area (Å²) in [4.78, 5) is 28.0. The van der Waals surface area contributed by atoms with Crippen molar-refractivity contribution >= 4 is 16.6 Å². The molecule has 0 aliphatic rings. The van der Waals surface area contributed by atoms with Gasteiger partial charge in [-0.2, -0.15) is 0 Å². The zero-order valence-electron chi connectivity index (χ0n) is 7.85. The molecule has 0 amide bonds. The molecule has 0 fully saturated rings. The number of H-pyrrole nitrogens is 1. The molecule has 0 atom stereocenters. The number of aromatic amines is 1. The lowest BCUT2D eigenvalue weighted by molar-refractivity contribution is -0.384. The fourth-order valence-corrected chi connectivity index (χ4v) is 1.36. The molecule has 6 nitrogen and oxygen atoms in total. The summed E-state index contributed by atoms with van der Waals surface area (Å²) < 4.78 is 0. The van der Waals surface area contributed by atoms with Crippen LogP contribution in [0.5, 0.6) is 0 Å². The van der Waals surface area contributed by atoms with E-state index in [0.29, 0.717) is 16.7 Å². The average molecular weight is 205 g/mol. The molecule has 6 heteroatoms. The van der Waals surface area contributed by atoms with E-state index in [2.05, 4.69) is 9.97 Å². The third-order valence-electron chi connectivity index (χ3n) is 2.02. The fraction of sp³-hybridized carbons (Fsp3) is 0.111. The van der Waals surface area contributed by atoms with Crippen LogP contribution in [0.25, 0.3) is 10.9 Å². The Balaban J connectivity index is 2.82. The number of aromatic nitrogens is 2. The van der Waals surface area contributed by atoms with Gasteiger partial charge in [0, 0.05) is 12.1 Å². The summed E-state index contributed by atoms with van der Waals surface area (Å²) in [5.74, 6) is 0.438. The maximum absolute atomic E-state index is 11.4. The molecule has 1 aromatic carbocycles. The van der Waals surface area contributed by atoms with Gasteiger partial charge >= 0.3 is 0 Å². The molecule has 15 heavy (non-hydrogen) atoms. The van der Waals surface area contributed by atoms with Crippen molar-refractivity contribution in [1.29, 1.82) is 0 Å². The highest BCUT2D eigenvalue weighted by Crippen LogP contribution is 2.16. The summed E-state index contributed by atoms with van der Waals surface area (Å²) in [5.41, 5.74) is -0.0159. The molecular formula is C9H7N3O3. The van der Waals surface area contributed by atoms with Crippen molar-refractivity contribution in [2.75, 3.05) is 0 Å². The molecule has 0 saturated carbocycles. The van der Waals surface area contributed by atoms with Crippen LogP contribution < -0.4 is 5.56 Å². The molecule has 1 N–H and O–H groups in total. The van der Waals surface area contributed by atoms with Gasteiger partial charge in [0.05, 0.1) is 15.8 Å². The molecule has 1 heterocycles. The van der Waals surface area contributed by atoms with Crippen molar-refractivity contribution < 1.29 is 4.92 Å². The molecule has 2 aromatic rings. The number of rotatable bonds is 1. The van der Waals surface area contributed by atoms with Gasteiger partial charge in [-0.05, 0) is 13.0 Å². The Hall–Kier alpha value is -2.24. The summed E-state index contributed by atoms with van der Waals surface area (Å²) in [7, 11) is 0. The van der Waals surface area contributed by atoms with Crippen molar-refractivity contribution in [3.8, 4) is 0 Å². The summed E-state index contributed by atoms with van der Waals surface area (Å²) >= 11 is 0. The van der Waals surface area contributed by atoms with Crippen molar-refractivity contribution in [3.05, 3.63) is 44.5 Å². The smallest absolute Gasteiger partial charge is 0.271 e. The minimum absolute atomic E-state index is 0.0694. The number of hydrogen-bond donors (Lipinski definition) is 1. The number of nitro groups is 1. The van der Waals surface area contributed by atoms with E-state index in [0.717, 1.165) is 0 Å². The Morgan fingerprint density at radius 1 is 1.47 bits per heavy atom. The normalized spacial score (nSPS) is 10.5. The van der Waals surface area contributed by atoms with Gasteiger partial charge in [-0.3, -0.25) is 14.9 Å². The average Bonchev–Trinajstić information content (AvgIpc) is 2.16. The zero-order valence-corrected chi connectivity index (χ0v) is 7.85. The molecule has 0 radical (unpaired) electrons. The van der Waals surface area contributed by atoms with Gasteiger partial charge in [-0.25, -0.2) is 4.98 Å². The maximum Gasteiger partial charge on any atom is 0.271 e. The topological polar surface area (TPSA) is 88.9 Å². The highest BCUT2D eigenvalue weighted by atomic mass is 16.6. The number of fused-ring (bicyclic) bond motifs is 1. The number of hydrogen-bond acceptors (Lipinski definition) is 4. The fourth-order valence-electron chi connectivity index (χ4n) is 1.36. The zero-order chi connectivity index (χ0) is 11.0. The lowest BCUT2D eigenvalue weighted by Gasteiger charge is -1.97. The molecule has 1 aromatic heterocycles. The first-order valence-corrected chi connectivity index (χ1v) is 4.23. The number of nitro benzene ring substituents is 1. The molecule has 0 aliphatic heterocycles. The Morgan fingerprint density at radius 3 is 2.87 bits per heavy atom. The van der Waals surface area contributed by atoms with Gasteiger partial charge in [0.15, 0.2) is 0 Å². The predicted octanol–water partition coefficient (Wildman–Crippen LogP) is 1.14. The first-order chi connectivity index (χ1) is 7.08. The Labute approximate surface area is 83.7 Å². The largest absolute Gasteiger partial charge is 0.310 e. The van der Waals surface area contributed by atoms with Crippen LogP contribution in [0, 0.1) is 17.0 Å². The van der Waals surface area contributed by atoms with Crippen LogP contribution >= 0.6 is 0 Å². The molecule has 0 unspecified atom stereocenters. The van der Waals surface area contributed by atoms with Gasteiger partial charge in [-0.15, -0.1) is 0 Å². The minimum Gasteiger partial charge on any atom is -0.310 e. The first-order valence-electron chi connectivity index (χ1n) is 4.23. The summed E-state index contributed by atoms with van der Waals surface area (Å²) in [6, 6.07) is 3.98. The van der Waals surface area contributed by atoms with E-state index in [-0.39, 0.29) is 11.2 Å². The van der Waals surface area contributed by atoms with Crippen molar-refractivity contribution in [2.24, 2.45) is 0 Å². The minimum atomic E-state index is -0.516. The quantitative estimate of drug-likeness (QED) is 0.558. The molecule has 0 spiro atoms. The number of nitrogens with one attached hydrogen (secondary N) is 1. The van der Waals surface area contributed by atoms with Crippen LogP contribution in [-0.4, -0.2) is 14.9 Å². The summed E-state index contributed by atoms with van der Waals surface area (Å²) in [5, 5.41) is 10.9. The van der Waals surface area contributed by atoms with E-state index in [1.807, 2.05) is 0 Å². The maximum atomic E-state index is 11.4. The Morgan fingerprint density at radius 2 is 2.20 bits per heavy atom. The third-order valence-corrected chi connectivity index (χ3v) is 2.02. The van der Waals surface area contributed by atoms with Crippen molar-refractivity contribution in [1.82, 2.24) is 9.97 Å². The number of aryl methyl sites for hydroxylation is 1. The highest BCUT2D eigenvalue weighted by molar-refractivity contribution is 5.79. The van der Waals surface area contributed by atoms with Gasteiger partial charge < -0.3 is 4.98 Å². The number of non-ortho nitro benzene ring substituents is 1. The molecule has 0 saturated heterocycles. The van der Waals surface area contributed by atoms with Crippen LogP contribution in [0.15, 0.2) is 23.0 Å². The number of nitrogens with zero attached hydrogens (tertiary/aromatic N) is 2. The highest BCUT2D eigenvalue weighted by Gasteiger charge is 2.08. The van der Waals surface area contributed by atoms with Crippen LogP contribution in [0.4, 0.5) is 5.69 Å². The molecule has 2 rings (SSSR count). The van der Waals surface area contributed by atoms with Crippen LogP contribution in [0.1, 0.15) is 5.82 Å². The van der Waals surface area contributed by atoms with Crippen LogP contribution in [0.3, 0.4) is 0 Å². The van der Waals surface area contributed by atoms with E-state index < -0.39 is 4.92 Å². The van der Waals surface area contributed by atoms with Crippen LogP contribution in [-0.2, 0) is 0 Å².